The van der Waals surface area contributed by atoms with Crippen LogP contribution in [-0.2, 0) is 6.54 Å². The summed E-state index contributed by atoms with van der Waals surface area (Å²) >= 11 is 6.37. The zero-order chi connectivity index (χ0) is 13.0. The van der Waals surface area contributed by atoms with E-state index in [0.717, 1.165) is 18.1 Å². The lowest BCUT2D eigenvalue weighted by Crippen LogP contribution is -2.26. The summed E-state index contributed by atoms with van der Waals surface area (Å²) in [5.74, 6) is 1.26. The molecule has 102 valence electrons. The molecule has 1 N–H and O–H groups in total. The summed E-state index contributed by atoms with van der Waals surface area (Å²) in [7, 11) is 2.04. The number of rotatable bonds is 4. The molecule has 1 aliphatic carbocycles. The van der Waals surface area contributed by atoms with Gasteiger partial charge in [-0.3, -0.25) is 4.68 Å². The summed E-state index contributed by atoms with van der Waals surface area (Å²) in [5.41, 5.74) is 1.27. The number of hydrogen-bond donors (Lipinski definition) is 1. The molecule has 0 saturated heterocycles. The van der Waals surface area contributed by atoms with Crippen LogP contribution in [0.2, 0.25) is 5.02 Å². The Morgan fingerprint density at radius 3 is 2.89 bits per heavy atom. The van der Waals surface area contributed by atoms with Crippen molar-refractivity contribution in [3.05, 3.63) is 16.9 Å². The monoisotopic (exact) mass is 269 g/mol. The molecule has 18 heavy (non-hydrogen) atoms. The van der Waals surface area contributed by atoms with Crippen LogP contribution in [0.4, 0.5) is 0 Å². The predicted molar refractivity (Wildman–Crippen MR) is 76.2 cm³/mol. The molecule has 2 unspecified atom stereocenters. The van der Waals surface area contributed by atoms with Gasteiger partial charge < -0.3 is 5.32 Å². The average Bonchev–Trinajstić information content (AvgIpc) is 2.59. The second-order valence-corrected chi connectivity index (χ2v) is 5.66. The highest BCUT2D eigenvalue weighted by Gasteiger charge is 2.29. The van der Waals surface area contributed by atoms with Crippen LogP contribution in [0, 0.1) is 5.92 Å². The maximum absolute atomic E-state index is 6.37. The van der Waals surface area contributed by atoms with Crippen LogP contribution in [-0.4, -0.2) is 23.4 Å². The first-order chi connectivity index (χ1) is 8.77. The first-order valence-electron chi connectivity index (χ1n) is 7.13. The topological polar surface area (TPSA) is 29.9 Å². The van der Waals surface area contributed by atoms with Crippen LogP contribution >= 0.6 is 11.6 Å². The molecule has 0 aliphatic heterocycles. The van der Waals surface area contributed by atoms with Crippen LogP contribution in [0.1, 0.15) is 50.6 Å². The molecule has 0 radical (unpaired) electrons. The van der Waals surface area contributed by atoms with E-state index >= 15 is 0 Å². The van der Waals surface area contributed by atoms with Crippen molar-refractivity contribution in [3.8, 4) is 0 Å². The number of nitrogens with zero attached hydrogens (tertiary/aromatic N) is 2. The largest absolute Gasteiger partial charge is 0.319 e. The van der Waals surface area contributed by atoms with E-state index < -0.39 is 0 Å². The van der Waals surface area contributed by atoms with Gasteiger partial charge in [-0.1, -0.05) is 30.9 Å². The summed E-state index contributed by atoms with van der Waals surface area (Å²) in [6.07, 6.45) is 8.38. The fourth-order valence-corrected chi connectivity index (χ4v) is 3.52. The molecule has 4 heteroatoms. The Hall–Kier alpha value is -0.540. The van der Waals surface area contributed by atoms with E-state index in [1.54, 1.807) is 0 Å². The summed E-state index contributed by atoms with van der Waals surface area (Å²) in [6.45, 7) is 4.12. The minimum atomic E-state index is 0.565. The first kappa shape index (κ1) is 13.9. The molecule has 0 bridgehead atoms. The average molecular weight is 270 g/mol. The van der Waals surface area contributed by atoms with Gasteiger partial charge in [-0.05, 0) is 39.3 Å². The van der Waals surface area contributed by atoms with Gasteiger partial charge in [0.2, 0.25) is 0 Å². The molecule has 1 fully saturated rings. The van der Waals surface area contributed by atoms with Gasteiger partial charge in [0.25, 0.3) is 0 Å². The third kappa shape index (κ3) is 2.89. The zero-order valence-corrected chi connectivity index (χ0v) is 12.2. The number of hydrogen-bond acceptors (Lipinski definition) is 2. The number of aromatic nitrogens is 2. The summed E-state index contributed by atoms with van der Waals surface area (Å²) < 4.78 is 2.08. The van der Waals surface area contributed by atoms with E-state index in [1.165, 1.54) is 37.8 Å². The van der Waals surface area contributed by atoms with Crippen LogP contribution in [0.15, 0.2) is 6.20 Å². The van der Waals surface area contributed by atoms with Gasteiger partial charge in [-0.25, -0.2) is 0 Å². The van der Waals surface area contributed by atoms with Crippen LogP contribution < -0.4 is 5.32 Å². The summed E-state index contributed by atoms with van der Waals surface area (Å²) in [4.78, 5) is 0. The van der Waals surface area contributed by atoms with Gasteiger partial charge in [0, 0.05) is 12.5 Å². The van der Waals surface area contributed by atoms with Gasteiger partial charge in [-0.15, -0.1) is 0 Å². The van der Waals surface area contributed by atoms with Crippen molar-refractivity contribution in [2.24, 2.45) is 5.92 Å². The molecule has 0 spiro atoms. The molecular weight excluding hydrogens is 246 g/mol. The summed E-state index contributed by atoms with van der Waals surface area (Å²) in [5, 5.41) is 8.59. The van der Waals surface area contributed by atoms with Gasteiger partial charge >= 0.3 is 0 Å². The van der Waals surface area contributed by atoms with Gasteiger partial charge in [-0.2, -0.15) is 5.10 Å². The molecule has 1 saturated carbocycles. The van der Waals surface area contributed by atoms with Gasteiger partial charge in [0.15, 0.2) is 0 Å². The fourth-order valence-electron chi connectivity index (χ4n) is 3.24. The molecule has 1 heterocycles. The van der Waals surface area contributed by atoms with Crippen molar-refractivity contribution >= 4 is 11.6 Å². The summed E-state index contributed by atoms with van der Waals surface area (Å²) in [6, 6.07) is 0. The Labute approximate surface area is 115 Å². The minimum Gasteiger partial charge on any atom is -0.319 e. The molecule has 1 aliphatic rings. The lowest BCUT2D eigenvalue weighted by Gasteiger charge is -2.26. The number of halogens is 1. The molecule has 3 nitrogen and oxygen atoms in total. The Balaban J connectivity index is 2.28. The van der Waals surface area contributed by atoms with Crippen molar-refractivity contribution < 1.29 is 0 Å². The van der Waals surface area contributed by atoms with Crippen molar-refractivity contribution in [1.82, 2.24) is 15.1 Å². The van der Waals surface area contributed by atoms with Crippen molar-refractivity contribution in [1.29, 1.82) is 0 Å². The van der Waals surface area contributed by atoms with Crippen molar-refractivity contribution in [2.75, 3.05) is 13.6 Å². The Morgan fingerprint density at radius 1 is 1.39 bits per heavy atom. The fraction of sp³-hybridized carbons (Fsp3) is 0.786. The predicted octanol–water partition coefficient (Wildman–Crippen LogP) is 3.44. The normalized spacial score (nSPS) is 25.1. The number of nitrogens with one attached hydrogen (secondary N) is 1. The Bertz CT molecular complexity index is 375. The lowest BCUT2D eigenvalue weighted by atomic mass is 9.85. The maximum atomic E-state index is 6.37. The maximum Gasteiger partial charge on any atom is 0.0820 e. The van der Waals surface area contributed by atoms with E-state index in [-0.39, 0.29) is 0 Å². The van der Waals surface area contributed by atoms with E-state index in [0.29, 0.717) is 11.8 Å². The SMILES string of the molecule is CCn1ncc(Cl)c1C1CCCCCC1CNC. The molecule has 2 rings (SSSR count). The van der Waals surface area contributed by atoms with E-state index in [1.807, 2.05) is 13.2 Å². The second kappa shape index (κ2) is 6.58. The smallest absolute Gasteiger partial charge is 0.0820 e. The van der Waals surface area contributed by atoms with Crippen LogP contribution in [0.5, 0.6) is 0 Å². The Kier molecular flexibility index (Phi) is 5.07. The van der Waals surface area contributed by atoms with E-state index in [4.69, 9.17) is 11.6 Å². The molecule has 1 aromatic rings. The second-order valence-electron chi connectivity index (χ2n) is 5.26. The molecule has 1 aromatic heterocycles. The van der Waals surface area contributed by atoms with Gasteiger partial charge in [0.1, 0.15) is 0 Å². The van der Waals surface area contributed by atoms with Crippen molar-refractivity contribution in [3.63, 3.8) is 0 Å². The highest BCUT2D eigenvalue weighted by Crippen LogP contribution is 2.39. The molecule has 2 atom stereocenters. The van der Waals surface area contributed by atoms with E-state index in [2.05, 4.69) is 22.0 Å². The van der Waals surface area contributed by atoms with Gasteiger partial charge in [0.05, 0.1) is 16.9 Å². The minimum absolute atomic E-state index is 0.565. The quantitative estimate of drug-likeness (QED) is 0.849. The first-order valence-corrected chi connectivity index (χ1v) is 7.51. The number of aryl methyl sites for hydroxylation is 1. The highest BCUT2D eigenvalue weighted by molar-refractivity contribution is 6.31. The standard InChI is InChI=1S/C14H24ClN3/c1-3-18-14(13(15)10-17-18)12-8-6-4-5-7-11(12)9-16-2/h10-12,16H,3-9H2,1-2H3. The third-order valence-corrected chi connectivity index (χ3v) is 4.40. The highest BCUT2D eigenvalue weighted by atomic mass is 35.5. The molecule has 0 aromatic carbocycles. The Morgan fingerprint density at radius 2 is 2.17 bits per heavy atom. The lowest BCUT2D eigenvalue weighted by molar-refractivity contribution is 0.367. The third-order valence-electron chi connectivity index (χ3n) is 4.11. The zero-order valence-electron chi connectivity index (χ0n) is 11.5. The van der Waals surface area contributed by atoms with E-state index in [9.17, 15) is 0 Å². The van der Waals surface area contributed by atoms with Crippen molar-refractivity contribution in [2.45, 2.75) is 51.5 Å². The van der Waals surface area contributed by atoms with Crippen LogP contribution in [0.25, 0.3) is 0 Å². The molecular formula is C14H24ClN3. The van der Waals surface area contributed by atoms with Crippen LogP contribution in [0.3, 0.4) is 0 Å². The molecule has 0 amide bonds.